The van der Waals surface area contributed by atoms with Crippen molar-refractivity contribution < 1.29 is 14.6 Å². The van der Waals surface area contributed by atoms with E-state index in [0.29, 0.717) is 13.1 Å². The van der Waals surface area contributed by atoms with E-state index in [2.05, 4.69) is 0 Å². The van der Waals surface area contributed by atoms with Gasteiger partial charge < -0.3 is 20.5 Å². The number of halogens is 1. The number of aliphatic hydroxyl groups is 1. The Morgan fingerprint density at radius 3 is 2.70 bits per heavy atom. The largest absolute Gasteiger partial charge is 0.445 e. The Hall–Kier alpha value is -1.30. The van der Waals surface area contributed by atoms with Gasteiger partial charge in [0.1, 0.15) is 6.61 Å². The summed E-state index contributed by atoms with van der Waals surface area (Å²) < 4.78 is 5.25. The van der Waals surface area contributed by atoms with Crippen molar-refractivity contribution in [2.45, 2.75) is 19.1 Å². The van der Waals surface area contributed by atoms with Crippen LogP contribution in [0.25, 0.3) is 0 Å². The Morgan fingerprint density at radius 1 is 1.40 bits per heavy atom. The summed E-state index contributed by atoms with van der Waals surface area (Å²) >= 11 is 0. The fraction of sp³-hybridized carbons (Fsp3) is 0.500. The highest BCUT2D eigenvalue weighted by atomic mass is 35.5. The van der Waals surface area contributed by atoms with Gasteiger partial charge in [0.05, 0.1) is 0 Å². The highest BCUT2D eigenvalue weighted by Gasteiger charge is 2.29. The van der Waals surface area contributed by atoms with E-state index in [1.165, 1.54) is 0 Å². The van der Waals surface area contributed by atoms with Gasteiger partial charge in [0.2, 0.25) is 0 Å². The number of amides is 1. The summed E-state index contributed by atoms with van der Waals surface area (Å²) in [5, 5.41) is 9.12. The minimum absolute atomic E-state index is 0. The molecule has 1 aliphatic heterocycles. The monoisotopic (exact) mass is 300 g/mol. The molecule has 0 spiro atoms. The van der Waals surface area contributed by atoms with Crippen LogP contribution in [-0.2, 0) is 11.3 Å². The minimum Gasteiger partial charge on any atom is -0.445 e. The van der Waals surface area contributed by atoms with Crippen LogP contribution in [0.15, 0.2) is 30.3 Å². The van der Waals surface area contributed by atoms with Crippen LogP contribution in [0.4, 0.5) is 4.79 Å². The van der Waals surface area contributed by atoms with Gasteiger partial charge >= 0.3 is 6.09 Å². The Balaban J connectivity index is 0.00000200. The van der Waals surface area contributed by atoms with E-state index >= 15 is 0 Å². The average molecular weight is 301 g/mol. The Labute approximate surface area is 125 Å². The average Bonchev–Trinajstić information content (AvgIpc) is 2.45. The highest BCUT2D eigenvalue weighted by Crippen LogP contribution is 2.16. The molecule has 0 bridgehead atoms. The predicted molar refractivity (Wildman–Crippen MR) is 78.6 cm³/mol. The first-order valence-electron chi connectivity index (χ1n) is 6.52. The smallest absolute Gasteiger partial charge is 0.410 e. The molecule has 0 aromatic heterocycles. The SMILES string of the molecule is Cl.N[C@H]1CN(C(=O)OCc2ccccc2)CC[C@@H]1CO. The lowest BCUT2D eigenvalue weighted by atomic mass is 9.93. The number of nitrogens with zero attached hydrogens (tertiary/aromatic N) is 1. The number of ether oxygens (including phenoxy) is 1. The zero-order valence-electron chi connectivity index (χ0n) is 11.3. The number of aliphatic hydroxyl groups excluding tert-OH is 1. The number of rotatable bonds is 3. The number of nitrogens with two attached hydrogens (primary N) is 1. The van der Waals surface area contributed by atoms with Crippen molar-refractivity contribution in [2.75, 3.05) is 19.7 Å². The number of benzene rings is 1. The molecule has 0 radical (unpaired) electrons. The molecule has 3 N–H and O–H groups in total. The number of carbonyl (C=O) groups is 1. The van der Waals surface area contributed by atoms with E-state index in [1.807, 2.05) is 30.3 Å². The van der Waals surface area contributed by atoms with Crippen LogP contribution in [-0.4, -0.2) is 41.8 Å². The second kappa shape index (κ2) is 8.09. The van der Waals surface area contributed by atoms with Crippen LogP contribution in [0, 0.1) is 5.92 Å². The number of likely N-dealkylation sites (tertiary alicyclic amines) is 1. The maximum atomic E-state index is 11.9. The fourth-order valence-corrected chi connectivity index (χ4v) is 2.23. The van der Waals surface area contributed by atoms with Crippen LogP contribution in [0.3, 0.4) is 0 Å². The van der Waals surface area contributed by atoms with Crippen LogP contribution < -0.4 is 5.73 Å². The zero-order valence-corrected chi connectivity index (χ0v) is 12.1. The lowest BCUT2D eigenvalue weighted by Gasteiger charge is -2.35. The van der Waals surface area contributed by atoms with Gasteiger partial charge in [-0.1, -0.05) is 30.3 Å². The van der Waals surface area contributed by atoms with Gasteiger partial charge in [0.15, 0.2) is 0 Å². The van der Waals surface area contributed by atoms with Crippen molar-refractivity contribution in [3.05, 3.63) is 35.9 Å². The van der Waals surface area contributed by atoms with Crippen molar-refractivity contribution in [3.8, 4) is 0 Å². The lowest BCUT2D eigenvalue weighted by molar-refractivity contribution is 0.0665. The molecule has 20 heavy (non-hydrogen) atoms. The molecule has 1 saturated heterocycles. The lowest BCUT2D eigenvalue weighted by Crippen LogP contribution is -2.51. The Kier molecular flexibility index (Phi) is 6.78. The summed E-state index contributed by atoms with van der Waals surface area (Å²) in [7, 11) is 0. The van der Waals surface area contributed by atoms with E-state index in [1.54, 1.807) is 4.90 Å². The maximum Gasteiger partial charge on any atom is 0.410 e. The number of carbonyl (C=O) groups excluding carboxylic acids is 1. The topological polar surface area (TPSA) is 75.8 Å². The summed E-state index contributed by atoms with van der Waals surface area (Å²) in [5.41, 5.74) is 6.88. The van der Waals surface area contributed by atoms with E-state index in [4.69, 9.17) is 15.6 Å². The zero-order chi connectivity index (χ0) is 13.7. The van der Waals surface area contributed by atoms with Crippen LogP contribution in [0.5, 0.6) is 0 Å². The second-order valence-electron chi connectivity index (χ2n) is 4.88. The van der Waals surface area contributed by atoms with Crippen molar-refractivity contribution in [2.24, 2.45) is 11.7 Å². The molecule has 2 atom stereocenters. The summed E-state index contributed by atoms with van der Waals surface area (Å²) in [4.78, 5) is 13.5. The van der Waals surface area contributed by atoms with Crippen LogP contribution >= 0.6 is 12.4 Å². The van der Waals surface area contributed by atoms with Gasteiger partial charge in [0.25, 0.3) is 0 Å². The van der Waals surface area contributed by atoms with Crippen molar-refractivity contribution in [3.63, 3.8) is 0 Å². The molecule has 112 valence electrons. The van der Waals surface area contributed by atoms with Crippen LogP contribution in [0.1, 0.15) is 12.0 Å². The number of piperidine rings is 1. The quantitative estimate of drug-likeness (QED) is 0.884. The molecular formula is C14H21ClN2O3. The summed E-state index contributed by atoms with van der Waals surface area (Å²) in [6.07, 6.45) is 0.383. The molecule has 2 rings (SSSR count). The van der Waals surface area contributed by atoms with Crippen molar-refractivity contribution in [1.82, 2.24) is 4.90 Å². The van der Waals surface area contributed by atoms with E-state index in [0.717, 1.165) is 12.0 Å². The molecule has 0 unspecified atom stereocenters. The van der Waals surface area contributed by atoms with Gasteiger partial charge in [-0.05, 0) is 12.0 Å². The molecule has 6 heteroatoms. The molecule has 1 amide bonds. The first-order valence-corrected chi connectivity index (χ1v) is 6.52. The summed E-state index contributed by atoms with van der Waals surface area (Å²) in [6.45, 7) is 1.38. The highest BCUT2D eigenvalue weighted by molar-refractivity contribution is 5.85. The Bertz CT molecular complexity index is 416. The minimum atomic E-state index is -0.337. The molecule has 0 aliphatic carbocycles. The summed E-state index contributed by atoms with van der Waals surface area (Å²) in [6, 6.07) is 9.39. The second-order valence-corrected chi connectivity index (χ2v) is 4.88. The molecular weight excluding hydrogens is 280 g/mol. The molecule has 1 fully saturated rings. The predicted octanol–water partition coefficient (Wildman–Crippen LogP) is 1.39. The van der Waals surface area contributed by atoms with Gasteiger partial charge in [-0.25, -0.2) is 4.79 Å². The third kappa shape index (κ3) is 4.37. The molecule has 1 aromatic carbocycles. The van der Waals surface area contributed by atoms with Crippen LogP contribution in [0.2, 0.25) is 0 Å². The van der Waals surface area contributed by atoms with Gasteiger partial charge in [-0.2, -0.15) is 0 Å². The summed E-state index contributed by atoms with van der Waals surface area (Å²) in [5.74, 6) is 0.0816. The van der Waals surface area contributed by atoms with Crippen molar-refractivity contribution in [1.29, 1.82) is 0 Å². The number of hydrogen-bond acceptors (Lipinski definition) is 4. The molecule has 1 heterocycles. The van der Waals surface area contributed by atoms with E-state index < -0.39 is 0 Å². The Morgan fingerprint density at radius 2 is 2.10 bits per heavy atom. The first kappa shape index (κ1) is 16.8. The number of hydrogen-bond donors (Lipinski definition) is 2. The third-order valence-corrected chi connectivity index (χ3v) is 3.50. The molecule has 1 aliphatic rings. The van der Waals surface area contributed by atoms with E-state index in [-0.39, 0.29) is 43.7 Å². The fourth-order valence-electron chi connectivity index (χ4n) is 2.23. The van der Waals surface area contributed by atoms with E-state index in [9.17, 15) is 4.79 Å². The van der Waals surface area contributed by atoms with Crippen molar-refractivity contribution >= 4 is 18.5 Å². The first-order chi connectivity index (χ1) is 9.20. The van der Waals surface area contributed by atoms with Gasteiger partial charge in [0, 0.05) is 31.7 Å². The normalized spacial score (nSPS) is 22.0. The standard InChI is InChI=1S/C14H20N2O3.ClH/c15-13-8-16(7-6-12(13)9-17)14(18)19-10-11-4-2-1-3-5-11;/h1-5,12-13,17H,6-10,15H2;1H/t12-,13+;/m1./s1. The van der Waals surface area contributed by atoms with Gasteiger partial charge in [-0.3, -0.25) is 0 Å². The maximum absolute atomic E-state index is 11.9. The molecule has 1 aromatic rings. The van der Waals surface area contributed by atoms with Gasteiger partial charge in [-0.15, -0.1) is 12.4 Å². The third-order valence-electron chi connectivity index (χ3n) is 3.50. The molecule has 0 saturated carbocycles. The molecule has 5 nitrogen and oxygen atoms in total.